The number of halogens is 1. The zero-order valence-corrected chi connectivity index (χ0v) is 19.3. The molecule has 0 atom stereocenters. The lowest BCUT2D eigenvalue weighted by molar-refractivity contribution is -0.106. The zero-order chi connectivity index (χ0) is 18.9. The topological polar surface area (TPSA) is 42.9 Å². The summed E-state index contributed by atoms with van der Waals surface area (Å²) >= 11 is 10.3. The van der Waals surface area contributed by atoms with Crippen LogP contribution in [0.5, 0.6) is 0 Å². The third-order valence-corrected chi connectivity index (χ3v) is 7.47. The van der Waals surface area contributed by atoms with Crippen LogP contribution >= 0.6 is 62.1 Å². The lowest BCUT2D eigenvalue weighted by atomic mass is 10.3. The van der Waals surface area contributed by atoms with E-state index in [0.717, 1.165) is 30.5 Å². The molecule has 2 heterocycles. The Hall–Kier alpha value is -0.930. The van der Waals surface area contributed by atoms with Crippen molar-refractivity contribution in [3.63, 3.8) is 0 Å². The van der Waals surface area contributed by atoms with E-state index in [1.54, 1.807) is 46.2 Å². The van der Waals surface area contributed by atoms with E-state index in [2.05, 4.69) is 44.3 Å². The minimum Gasteiger partial charge on any atom is -0.304 e. The number of aromatic nitrogens is 2. The summed E-state index contributed by atoms with van der Waals surface area (Å²) in [6.07, 6.45) is 4.85. The van der Waals surface area contributed by atoms with Crippen molar-refractivity contribution in [2.24, 2.45) is 0 Å². The molecule has 0 N–H and O–H groups in total. The Morgan fingerprint density at radius 3 is 2.04 bits per heavy atom. The number of carbonyl (C=O) groups is 1. The fourth-order valence-electron chi connectivity index (χ4n) is 1.90. The maximum Gasteiger partial charge on any atom is 0.150 e. The maximum absolute atomic E-state index is 8.81. The Labute approximate surface area is 177 Å². The SMILES string of the molecule is CC=O.CSc1nc2ccc(Br)cc2s1.CSc1nc2ccccc2s1. The highest BCUT2D eigenvalue weighted by Gasteiger charge is 2.02. The Morgan fingerprint density at radius 2 is 1.46 bits per heavy atom. The van der Waals surface area contributed by atoms with E-state index < -0.39 is 0 Å². The fraction of sp³-hybridized carbons (Fsp3) is 0.167. The van der Waals surface area contributed by atoms with Crippen LogP contribution in [0.1, 0.15) is 6.92 Å². The molecule has 8 heteroatoms. The summed E-state index contributed by atoms with van der Waals surface area (Å²) in [4.78, 5) is 17.7. The van der Waals surface area contributed by atoms with Gasteiger partial charge in [-0.3, -0.25) is 0 Å². The van der Waals surface area contributed by atoms with E-state index in [9.17, 15) is 0 Å². The van der Waals surface area contributed by atoms with E-state index in [4.69, 9.17) is 4.79 Å². The summed E-state index contributed by atoms with van der Waals surface area (Å²) in [5.74, 6) is 0. The minimum absolute atomic E-state index is 0.750. The highest BCUT2D eigenvalue weighted by atomic mass is 79.9. The van der Waals surface area contributed by atoms with Gasteiger partial charge in [0.2, 0.25) is 0 Å². The van der Waals surface area contributed by atoms with Crippen molar-refractivity contribution in [3.8, 4) is 0 Å². The van der Waals surface area contributed by atoms with Gasteiger partial charge in [-0.15, -0.1) is 22.7 Å². The predicted molar refractivity (Wildman–Crippen MR) is 122 cm³/mol. The van der Waals surface area contributed by atoms with Crippen LogP contribution in [0.3, 0.4) is 0 Å². The largest absolute Gasteiger partial charge is 0.304 e. The number of thioether (sulfide) groups is 2. The number of rotatable bonds is 2. The molecule has 0 unspecified atom stereocenters. The van der Waals surface area contributed by atoms with Gasteiger partial charge in [-0.05, 0) is 49.8 Å². The summed E-state index contributed by atoms with van der Waals surface area (Å²) in [6, 6.07) is 14.4. The minimum atomic E-state index is 0.750. The van der Waals surface area contributed by atoms with E-state index in [1.165, 1.54) is 16.3 Å². The number of thiazole rings is 2. The second-order valence-electron chi connectivity index (χ2n) is 4.68. The standard InChI is InChI=1S/C8H6BrNS2.C8H7NS2.C2H4O/c1-11-8-10-6-3-2-5(9)4-7(6)12-8;1-10-8-9-6-4-2-3-5-7(6)11-8;1-2-3/h2-4H,1H3;2-5H,1H3;2H,1H3. The molecule has 0 aliphatic carbocycles. The van der Waals surface area contributed by atoms with Gasteiger partial charge in [0, 0.05) is 4.47 Å². The van der Waals surface area contributed by atoms with E-state index in [0.29, 0.717) is 0 Å². The van der Waals surface area contributed by atoms with Gasteiger partial charge >= 0.3 is 0 Å². The van der Waals surface area contributed by atoms with Gasteiger partial charge in [0.15, 0.2) is 8.68 Å². The van der Waals surface area contributed by atoms with E-state index in [1.807, 2.05) is 36.6 Å². The van der Waals surface area contributed by atoms with Gasteiger partial charge < -0.3 is 4.79 Å². The van der Waals surface area contributed by atoms with E-state index >= 15 is 0 Å². The third kappa shape index (κ3) is 6.06. The van der Waals surface area contributed by atoms with Crippen molar-refractivity contribution >= 4 is 88.8 Å². The molecule has 0 fully saturated rings. The Balaban J connectivity index is 0.000000163. The fourth-order valence-corrected chi connectivity index (χ4v) is 5.43. The first-order chi connectivity index (χ1) is 12.6. The van der Waals surface area contributed by atoms with Crippen molar-refractivity contribution < 1.29 is 4.79 Å². The molecule has 2 aromatic heterocycles. The van der Waals surface area contributed by atoms with E-state index in [-0.39, 0.29) is 0 Å². The molecular weight excluding hydrogens is 468 g/mol. The Bertz CT molecular complexity index is 951. The van der Waals surface area contributed by atoms with Crippen LogP contribution in [0.4, 0.5) is 0 Å². The first kappa shape index (κ1) is 21.4. The molecule has 0 bridgehead atoms. The van der Waals surface area contributed by atoms with Gasteiger partial charge in [-0.2, -0.15) is 0 Å². The summed E-state index contributed by atoms with van der Waals surface area (Å²) in [5, 5.41) is 0. The number of hydrogen-bond donors (Lipinski definition) is 0. The summed E-state index contributed by atoms with van der Waals surface area (Å²) in [6.45, 7) is 1.44. The number of benzene rings is 2. The van der Waals surface area contributed by atoms with Crippen LogP contribution in [0.2, 0.25) is 0 Å². The second-order valence-corrected chi connectivity index (χ2v) is 9.77. The highest BCUT2D eigenvalue weighted by molar-refractivity contribution is 9.10. The van der Waals surface area contributed by atoms with Crippen molar-refractivity contribution in [3.05, 3.63) is 46.9 Å². The second kappa shape index (κ2) is 11.0. The maximum atomic E-state index is 8.81. The molecule has 0 aliphatic rings. The third-order valence-electron chi connectivity index (χ3n) is 2.95. The molecule has 136 valence electrons. The van der Waals surface area contributed by atoms with Crippen molar-refractivity contribution in [2.45, 2.75) is 15.6 Å². The van der Waals surface area contributed by atoms with Gasteiger partial charge in [0.05, 0.1) is 20.4 Å². The number of aldehydes is 1. The molecule has 26 heavy (non-hydrogen) atoms. The molecule has 0 spiro atoms. The molecule has 0 aliphatic heterocycles. The van der Waals surface area contributed by atoms with Crippen LogP contribution in [-0.2, 0) is 4.79 Å². The Morgan fingerprint density at radius 1 is 0.923 bits per heavy atom. The first-order valence-electron chi connectivity index (χ1n) is 7.50. The van der Waals surface area contributed by atoms with Gasteiger partial charge in [0.25, 0.3) is 0 Å². The number of para-hydroxylation sites is 1. The number of carbonyl (C=O) groups excluding carboxylic acids is 1. The molecule has 0 saturated heterocycles. The average Bonchev–Trinajstić information content (AvgIpc) is 3.25. The van der Waals surface area contributed by atoms with Crippen LogP contribution in [-0.4, -0.2) is 28.8 Å². The van der Waals surface area contributed by atoms with Gasteiger partial charge in [-0.25, -0.2) is 9.97 Å². The smallest absolute Gasteiger partial charge is 0.150 e. The van der Waals surface area contributed by atoms with Crippen molar-refractivity contribution in [1.29, 1.82) is 0 Å². The predicted octanol–water partition coefficient (Wildman–Crippen LogP) is 7.00. The van der Waals surface area contributed by atoms with Crippen LogP contribution in [0.15, 0.2) is 55.6 Å². The molecule has 0 amide bonds. The quantitative estimate of drug-likeness (QED) is 0.226. The normalized spacial score (nSPS) is 10.0. The number of fused-ring (bicyclic) bond motifs is 2. The summed E-state index contributed by atoms with van der Waals surface area (Å²) < 4.78 is 5.91. The molecule has 0 saturated carbocycles. The lowest BCUT2D eigenvalue weighted by Crippen LogP contribution is -1.67. The summed E-state index contributed by atoms with van der Waals surface area (Å²) in [7, 11) is 0. The Kier molecular flexibility index (Phi) is 9.07. The van der Waals surface area contributed by atoms with Crippen molar-refractivity contribution in [1.82, 2.24) is 9.97 Å². The number of nitrogens with zero attached hydrogens (tertiary/aromatic N) is 2. The molecule has 4 aromatic rings. The van der Waals surface area contributed by atoms with Crippen LogP contribution < -0.4 is 0 Å². The first-order valence-corrected chi connectivity index (χ1v) is 12.4. The van der Waals surface area contributed by atoms with Crippen LogP contribution in [0, 0.1) is 0 Å². The monoisotopic (exact) mass is 484 g/mol. The molecule has 4 rings (SSSR count). The molecule has 0 radical (unpaired) electrons. The van der Waals surface area contributed by atoms with Gasteiger partial charge in [-0.1, -0.05) is 51.6 Å². The molecular formula is C18H17BrN2OS4. The van der Waals surface area contributed by atoms with Crippen LogP contribution in [0.25, 0.3) is 20.4 Å². The molecule has 3 nitrogen and oxygen atoms in total. The number of hydrogen-bond acceptors (Lipinski definition) is 7. The van der Waals surface area contributed by atoms with Crippen molar-refractivity contribution in [2.75, 3.05) is 12.5 Å². The average molecular weight is 486 g/mol. The molecule has 2 aromatic carbocycles. The summed E-state index contributed by atoms with van der Waals surface area (Å²) in [5.41, 5.74) is 2.20. The zero-order valence-electron chi connectivity index (χ0n) is 14.4. The van der Waals surface area contributed by atoms with Gasteiger partial charge in [0.1, 0.15) is 6.29 Å². The lowest BCUT2D eigenvalue weighted by Gasteiger charge is -1.86. The highest BCUT2D eigenvalue weighted by Crippen LogP contribution is 2.30.